The second kappa shape index (κ2) is 10.5. The van der Waals surface area contributed by atoms with E-state index < -0.39 is 17.3 Å². The molecule has 0 saturated heterocycles. The fourth-order valence-electron chi connectivity index (χ4n) is 2.21. The normalized spacial score (nSPS) is 12.1. The molecule has 0 aliphatic rings. The summed E-state index contributed by atoms with van der Waals surface area (Å²) in [5.74, 6) is -0.315. The Bertz CT molecular complexity index is 604. The standard InChI is InChI=1S/C21H34N2O5/c1-8-18(24)22(19(25)26-16-17-12-10-9-11-13-17)14-15-23(27-20(2,3)4)28-21(5,6)7/h9-13H,8,14-16H2,1-7H3. The Morgan fingerprint density at radius 2 is 1.43 bits per heavy atom. The van der Waals surface area contributed by atoms with Gasteiger partial charge < -0.3 is 4.74 Å². The highest BCUT2D eigenvalue weighted by Gasteiger charge is 2.27. The van der Waals surface area contributed by atoms with Crippen LogP contribution < -0.4 is 0 Å². The number of imide groups is 1. The lowest BCUT2D eigenvalue weighted by atomic mass is 10.2. The first-order valence-corrected chi connectivity index (χ1v) is 9.58. The average Bonchev–Trinajstić information content (AvgIpc) is 2.57. The van der Waals surface area contributed by atoms with Crippen molar-refractivity contribution in [2.45, 2.75) is 72.7 Å². The fourth-order valence-corrected chi connectivity index (χ4v) is 2.21. The Hall–Kier alpha value is -1.96. The zero-order valence-electron chi connectivity index (χ0n) is 18.2. The molecule has 0 atom stereocenters. The molecule has 0 aliphatic carbocycles. The van der Waals surface area contributed by atoms with Gasteiger partial charge in [0.15, 0.2) is 0 Å². The van der Waals surface area contributed by atoms with Crippen LogP contribution in [0.1, 0.15) is 60.5 Å². The molecule has 0 saturated carbocycles. The van der Waals surface area contributed by atoms with Gasteiger partial charge in [-0.15, -0.1) is 0 Å². The predicted molar refractivity (Wildman–Crippen MR) is 107 cm³/mol. The molecule has 0 bridgehead atoms. The topological polar surface area (TPSA) is 68.3 Å². The lowest BCUT2D eigenvalue weighted by molar-refractivity contribution is -0.428. The summed E-state index contributed by atoms with van der Waals surface area (Å²) in [5.41, 5.74) is -0.120. The smallest absolute Gasteiger partial charge is 0.416 e. The number of hydrogen-bond donors (Lipinski definition) is 0. The number of ether oxygens (including phenoxy) is 1. The number of hydrogen-bond acceptors (Lipinski definition) is 6. The molecule has 0 radical (unpaired) electrons. The molecule has 0 spiro atoms. The molecule has 0 aromatic heterocycles. The van der Waals surface area contributed by atoms with Crippen LogP contribution in [0.2, 0.25) is 0 Å². The third-order valence-corrected chi connectivity index (χ3v) is 3.29. The van der Waals surface area contributed by atoms with Crippen LogP contribution in [-0.2, 0) is 25.8 Å². The van der Waals surface area contributed by atoms with Crippen LogP contribution in [0, 0.1) is 0 Å². The van der Waals surface area contributed by atoms with Gasteiger partial charge in [0.05, 0.1) is 17.7 Å². The zero-order valence-corrected chi connectivity index (χ0v) is 18.2. The first-order valence-electron chi connectivity index (χ1n) is 9.58. The van der Waals surface area contributed by atoms with E-state index in [0.29, 0.717) is 0 Å². The molecule has 7 nitrogen and oxygen atoms in total. The first-order chi connectivity index (χ1) is 12.9. The van der Waals surface area contributed by atoms with Crippen molar-refractivity contribution in [1.82, 2.24) is 10.1 Å². The van der Waals surface area contributed by atoms with Gasteiger partial charge in [0.2, 0.25) is 5.91 Å². The molecular weight excluding hydrogens is 360 g/mol. The van der Waals surface area contributed by atoms with Gasteiger partial charge in [0.1, 0.15) is 6.61 Å². The van der Waals surface area contributed by atoms with Crippen LogP contribution in [-0.4, -0.2) is 46.4 Å². The highest BCUT2D eigenvalue weighted by Crippen LogP contribution is 2.17. The Morgan fingerprint density at radius 3 is 1.89 bits per heavy atom. The van der Waals surface area contributed by atoms with Gasteiger partial charge in [-0.2, -0.15) is 0 Å². The highest BCUT2D eigenvalue weighted by atomic mass is 17.0. The second-order valence-corrected chi connectivity index (χ2v) is 8.40. The Morgan fingerprint density at radius 1 is 0.893 bits per heavy atom. The molecule has 1 aromatic carbocycles. The zero-order chi connectivity index (χ0) is 21.4. The molecule has 0 unspecified atom stereocenters. The molecule has 2 amide bonds. The summed E-state index contributed by atoms with van der Waals surface area (Å²) >= 11 is 0. The van der Waals surface area contributed by atoms with Gasteiger partial charge in [0, 0.05) is 13.0 Å². The minimum absolute atomic E-state index is 0.0897. The summed E-state index contributed by atoms with van der Waals surface area (Å²) in [7, 11) is 0. The van der Waals surface area contributed by atoms with E-state index in [1.54, 1.807) is 6.92 Å². The van der Waals surface area contributed by atoms with Crippen molar-refractivity contribution in [3.8, 4) is 0 Å². The SMILES string of the molecule is CCC(=O)N(CCN(OC(C)(C)C)OC(C)(C)C)C(=O)OCc1ccccc1. The van der Waals surface area contributed by atoms with Crippen LogP contribution in [0.25, 0.3) is 0 Å². The van der Waals surface area contributed by atoms with Gasteiger partial charge in [-0.3, -0.25) is 14.5 Å². The van der Waals surface area contributed by atoms with Crippen molar-refractivity contribution >= 4 is 12.0 Å². The fraction of sp³-hybridized carbons (Fsp3) is 0.619. The van der Waals surface area contributed by atoms with Crippen LogP contribution in [0.3, 0.4) is 0 Å². The highest BCUT2D eigenvalue weighted by molar-refractivity contribution is 5.91. The van der Waals surface area contributed by atoms with Crippen LogP contribution in [0.5, 0.6) is 0 Å². The van der Waals surface area contributed by atoms with Crippen LogP contribution >= 0.6 is 0 Å². The Labute approximate surface area is 168 Å². The maximum Gasteiger partial charge on any atom is 0.416 e. The minimum atomic E-state index is -0.679. The molecule has 1 rings (SSSR count). The van der Waals surface area contributed by atoms with Gasteiger partial charge in [-0.05, 0) is 47.1 Å². The van der Waals surface area contributed by atoms with E-state index in [1.807, 2.05) is 71.9 Å². The van der Waals surface area contributed by atoms with E-state index in [-0.39, 0.29) is 32.0 Å². The van der Waals surface area contributed by atoms with E-state index in [9.17, 15) is 9.59 Å². The van der Waals surface area contributed by atoms with E-state index in [1.165, 1.54) is 5.23 Å². The summed E-state index contributed by atoms with van der Waals surface area (Å²) in [4.78, 5) is 37.5. The lowest BCUT2D eigenvalue weighted by Gasteiger charge is -2.34. The Balaban J connectivity index is 2.76. The van der Waals surface area contributed by atoms with Gasteiger partial charge in [0.25, 0.3) is 0 Å². The van der Waals surface area contributed by atoms with E-state index >= 15 is 0 Å². The maximum absolute atomic E-state index is 12.5. The van der Waals surface area contributed by atoms with E-state index in [4.69, 9.17) is 14.4 Å². The summed E-state index contributed by atoms with van der Waals surface area (Å²) in [6.45, 7) is 13.5. The van der Waals surface area contributed by atoms with Crippen LogP contribution in [0.4, 0.5) is 4.79 Å². The van der Waals surface area contributed by atoms with Crippen molar-refractivity contribution in [3.05, 3.63) is 35.9 Å². The first kappa shape index (κ1) is 24.1. The molecule has 0 aliphatic heterocycles. The molecule has 0 fully saturated rings. The van der Waals surface area contributed by atoms with E-state index in [2.05, 4.69) is 0 Å². The molecular formula is C21H34N2O5. The summed E-state index contributed by atoms with van der Waals surface area (Å²) < 4.78 is 5.31. The number of hydroxylamine groups is 2. The summed E-state index contributed by atoms with van der Waals surface area (Å²) in [6, 6.07) is 9.33. The number of carbonyl (C=O) groups excluding carboxylic acids is 2. The molecule has 1 aromatic rings. The van der Waals surface area contributed by atoms with Crippen molar-refractivity contribution in [3.63, 3.8) is 0 Å². The van der Waals surface area contributed by atoms with Gasteiger partial charge in [-0.25, -0.2) is 9.69 Å². The molecule has 0 N–H and O–H groups in total. The van der Waals surface area contributed by atoms with Crippen molar-refractivity contribution in [1.29, 1.82) is 0 Å². The number of amides is 2. The Kier molecular flexibility index (Phi) is 9.07. The minimum Gasteiger partial charge on any atom is -0.444 e. The van der Waals surface area contributed by atoms with Gasteiger partial charge >= 0.3 is 6.09 Å². The molecule has 0 heterocycles. The van der Waals surface area contributed by atoms with Crippen molar-refractivity contribution in [2.24, 2.45) is 0 Å². The number of nitrogens with zero attached hydrogens (tertiary/aromatic N) is 2. The lowest BCUT2D eigenvalue weighted by Crippen LogP contribution is -2.46. The second-order valence-electron chi connectivity index (χ2n) is 8.40. The quantitative estimate of drug-likeness (QED) is 0.612. The summed E-state index contributed by atoms with van der Waals surface area (Å²) in [6.07, 6.45) is -0.483. The largest absolute Gasteiger partial charge is 0.444 e. The number of rotatable bonds is 8. The average molecular weight is 395 g/mol. The van der Waals surface area contributed by atoms with Crippen molar-refractivity contribution < 1.29 is 24.0 Å². The van der Waals surface area contributed by atoms with Crippen LogP contribution in [0.15, 0.2) is 30.3 Å². The molecule has 158 valence electrons. The van der Waals surface area contributed by atoms with Crippen molar-refractivity contribution in [2.75, 3.05) is 13.1 Å². The monoisotopic (exact) mass is 394 g/mol. The predicted octanol–water partition coefficient (Wildman–Crippen LogP) is 4.32. The van der Waals surface area contributed by atoms with Gasteiger partial charge in [-0.1, -0.05) is 42.5 Å². The maximum atomic E-state index is 12.5. The number of carbonyl (C=O) groups is 2. The third-order valence-electron chi connectivity index (χ3n) is 3.29. The third kappa shape index (κ3) is 9.82. The number of benzene rings is 1. The molecule has 28 heavy (non-hydrogen) atoms. The molecule has 7 heteroatoms. The summed E-state index contributed by atoms with van der Waals surface area (Å²) in [5, 5.41) is 1.33. The van der Waals surface area contributed by atoms with E-state index in [0.717, 1.165) is 10.5 Å².